The largest absolute Gasteiger partial charge is 0.388 e. The Kier molecular flexibility index (Phi) is 4.34. The van der Waals surface area contributed by atoms with Crippen LogP contribution in [0.1, 0.15) is 24.0 Å². The first-order chi connectivity index (χ1) is 10.1. The highest BCUT2D eigenvalue weighted by Gasteiger charge is 2.29. The van der Waals surface area contributed by atoms with Crippen LogP contribution >= 0.6 is 11.6 Å². The fourth-order valence-corrected chi connectivity index (χ4v) is 2.91. The van der Waals surface area contributed by atoms with E-state index < -0.39 is 5.60 Å². The zero-order chi connectivity index (χ0) is 14.7. The molecule has 0 aliphatic carbocycles. The predicted octanol–water partition coefficient (Wildman–Crippen LogP) is 3.27. The van der Waals surface area contributed by atoms with Crippen LogP contribution in [0.25, 0.3) is 0 Å². The van der Waals surface area contributed by atoms with E-state index in [2.05, 4.69) is 16.8 Å². The van der Waals surface area contributed by atoms with Crippen molar-refractivity contribution in [2.75, 3.05) is 13.2 Å². The summed E-state index contributed by atoms with van der Waals surface area (Å²) in [5, 5.41) is 11.3. The Hall–Kier alpha value is -1.29. The minimum atomic E-state index is -0.630. The van der Waals surface area contributed by atoms with Crippen LogP contribution in [0.2, 0.25) is 5.02 Å². The SMILES string of the molecule is OC1(Cn2ccc(Cc3ccc(Cl)cc3)c2)CCOCC1. The molecule has 0 bridgehead atoms. The van der Waals surface area contributed by atoms with Gasteiger partial charge in [0.15, 0.2) is 0 Å². The summed E-state index contributed by atoms with van der Waals surface area (Å²) >= 11 is 5.90. The third-order valence-electron chi connectivity index (χ3n) is 4.03. The van der Waals surface area contributed by atoms with Crippen LogP contribution in [-0.2, 0) is 17.7 Å². The van der Waals surface area contributed by atoms with Gasteiger partial charge in [-0.2, -0.15) is 0 Å². The molecular weight excluding hydrogens is 286 g/mol. The molecule has 0 radical (unpaired) electrons. The van der Waals surface area contributed by atoms with Crippen LogP contribution in [0.5, 0.6) is 0 Å². The summed E-state index contributed by atoms with van der Waals surface area (Å²) < 4.78 is 7.40. The first-order valence-electron chi connectivity index (χ1n) is 7.32. The number of rotatable bonds is 4. The van der Waals surface area contributed by atoms with Crippen LogP contribution in [0.4, 0.5) is 0 Å². The van der Waals surface area contributed by atoms with Crippen LogP contribution in [-0.4, -0.2) is 28.5 Å². The molecule has 1 aromatic carbocycles. The molecule has 1 N–H and O–H groups in total. The maximum atomic E-state index is 10.5. The van der Waals surface area contributed by atoms with E-state index in [1.165, 1.54) is 11.1 Å². The van der Waals surface area contributed by atoms with E-state index in [4.69, 9.17) is 16.3 Å². The number of ether oxygens (including phenoxy) is 1. The van der Waals surface area contributed by atoms with Gasteiger partial charge in [0.1, 0.15) is 0 Å². The standard InChI is InChI=1S/C17H20ClNO2/c18-16-3-1-14(2-4-16)11-15-5-8-19(12-15)13-17(20)6-9-21-10-7-17/h1-5,8,12,20H,6-7,9-11,13H2. The summed E-state index contributed by atoms with van der Waals surface area (Å²) in [6.45, 7) is 1.93. The van der Waals surface area contributed by atoms with Crippen molar-refractivity contribution in [1.29, 1.82) is 0 Å². The van der Waals surface area contributed by atoms with E-state index in [0.717, 1.165) is 11.4 Å². The van der Waals surface area contributed by atoms with Crippen LogP contribution in [0, 0.1) is 0 Å². The number of hydrogen-bond acceptors (Lipinski definition) is 2. The van der Waals surface area contributed by atoms with Crippen LogP contribution < -0.4 is 0 Å². The van der Waals surface area contributed by atoms with E-state index in [1.807, 2.05) is 30.5 Å². The number of aliphatic hydroxyl groups is 1. The average molecular weight is 306 g/mol. The summed E-state index contributed by atoms with van der Waals surface area (Å²) in [6, 6.07) is 10.0. The Morgan fingerprint density at radius 2 is 1.81 bits per heavy atom. The molecule has 2 aromatic rings. The maximum absolute atomic E-state index is 10.5. The number of benzene rings is 1. The highest BCUT2D eigenvalue weighted by molar-refractivity contribution is 6.30. The van der Waals surface area contributed by atoms with E-state index in [-0.39, 0.29) is 0 Å². The molecule has 112 valence electrons. The van der Waals surface area contributed by atoms with Crippen LogP contribution in [0.15, 0.2) is 42.7 Å². The molecule has 21 heavy (non-hydrogen) atoms. The quantitative estimate of drug-likeness (QED) is 0.940. The van der Waals surface area contributed by atoms with E-state index >= 15 is 0 Å². The fraction of sp³-hybridized carbons (Fsp3) is 0.412. The van der Waals surface area contributed by atoms with Crippen molar-refractivity contribution in [2.24, 2.45) is 0 Å². The molecule has 1 aromatic heterocycles. The van der Waals surface area contributed by atoms with Gasteiger partial charge in [-0.05, 0) is 35.7 Å². The Bertz CT molecular complexity index is 585. The van der Waals surface area contributed by atoms with Crippen molar-refractivity contribution in [1.82, 2.24) is 4.57 Å². The molecule has 0 saturated carbocycles. The second-order valence-corrected chi connectivity index (χ2v) is 6.27. The number of hydrogen-bond donors (Lipinski definition) is 1. The topological polar surface area (TPSA) is 34.4 Å². The molecular formula is C17H20ClNO2. The van der Waals surface area contributed by atoms with Gasteiger partial charge >= 0.3 is 0 Å². The van der Waals surface area contributed by atoms with Crippen LogP contribution in [0.3, 0.4) is 0 Å². The van der Waals surface area contributed by atoms with Gasteiger partial charge in [0.2, 0.25) is 0 Å². The van der Waals surface area contributed by atoms with Crippen molar-refractivity contribution >= 4 is 11.6 Å². The zero-order valence-corrected chi connectivity index (χ0v) is 12.7. The second kappa shape index (κ2) is 6.22. The van der Waals surface area contributed by atoms with Gasteiger partial charge in [0, 0.05) is 43.5 Å². The van der Waals surface area contributed by atoms with E-state index in [1.54, 1.807) is 0 Å². The minimum absolute atomic E-state index is 0.630. The van der Waals surface area contributed by atoms with Gasteiger partial charge in [-0.15, -0.1) is 0 Å². The molecule has 4 heteroatoms. The van der Waals surface area contributed by atoms with Gasteiger partial charge in [0.25, 0.3) is 0 Å². The Labute approximate surface area is 130 Å². The van der Waals surface area contributed by atoms with E-state index in [9.17, 15) is 5.11 Å². The van der Waals surface area contributed by atoms with Crippen molar-refractivity contribution < 1.29 is 9.84 Å². The normalized spacial score (nSPS) is 17.8. The van der Waals surface area contributed by atoms with Crippen molar-refractivity contribution in [3.05, 3.63) is 58.9 Å². The molecule has 1 fully saturated rings. The lowest BCUT2D eigenvalue weighted by Crippen LogP contribution is -2.39. The molecule has 0 spiro atoms. The third-order valence-corrected chi connectivity index (χ3v) is 4.29. The first-order valence-corrected chi connectivity index (χ1v) is 7.70. The number of halogens is 1. The summed E-state index contributed by atoms with van der Waals surface area (Å²) in [5.74, 6) is 0. The first kappa shape index (κ1) is 14.6. The molecule has 3 rings (SSSR count). The molecule has 1 aliphatic rings. The van der Waals surface area contributed by atoms with Gasteiger partial charge in [-0.25, -0.2) is 0 Å². The Morgan fingerprint density at radius 1 is 1.10 bits per heavy atom. The van der Waals surface area contributed by atoms with E-state index in [0.29, 0.717) is 32.6 Å². The highest BCUT2D eigenvalue weighted by Crippen LogP contribution is 2.23. The van der Waals surface area contributed by atoms with Gasteiger partial charge in [-0.1, -0.05) is 23.7 Å². The lowest BCUT2D eigenvalue weighted by molar-refractivity contribution is -0.0727. The summed E-state index contributed by atoms with van der Waals surface area (Å²) in [4.78, 5) is 0. The number of nitrogens with zero attached hydrogens (tertiary/aromatic N) is 1. The lowest BCUT2D eigenvalue weighted by Gasteiger charge is -2.32. The van der Waals surface area contributed by atoms with Crippen molar-refractivity contribution in [3.63, 3.8) is 0 Å². The van der Waals surface area contributed by atoms with Gasteiger partial charge in [-0.3, -0.25) is 0 Å². The molecule has 2 heterocycles. The number of aromatic nitrogens is 1. The smallest absolute Gasteiger partial charge is 0.0869 e. The lowest BCUT2D eigenvalue weighted by atomic mass is 9.94. The Balaban J connectivity index is 1.64. The molecule has 1 aliphatic heterocycles. The molecule has 1 saturated heterocycles. The highest BCUT2D eigenvalue weighted by atomic mass is 35.5. The predicted molar refractivity (Wildman–Crippen MR) is 83.7 cm³/mol. The van der Waals surface area contributed by atoms with Crippen molar-refractivity contribution in [3.8, 4) is 0 Å². The maximum Gasteiger partial charge on any atom is 0.0869 e. The monoisotopic (exact) mass is 305 g/mol. The van der Waals surface area contributed by atoms with Gasteiger partial charge in [0.05, 0.1) is 12.1 Å². The summed E-state index contributed by atoms with van der Waals surface area (Å²) in [5.41, 5.74) is 1.85. The minimum Gasteiger partial charge on any atom is -0.388 e. The molecule has 0 unspecified atom stereocenters. The fourth-order valence-electron chi connectivity index (χ4n) is 2.78. The van der Waals surface area contributed by atoms with Gasteiger partial charge < -0.3 is 14.4 Å². The Morgan fingerprint density at radius 3 is 2.52 bits per heavy atom. The second-order valence-electron chi connectivity index (χ2n) is 5.83. The van der Waals surface area contributed by atoms with Crippen molar-refractivity contribution in [2.45, 2.75) is 31.4 Å². The third kappa shape index (κ3) is 3.88. The zero-order valence-electron chi connectivity index (χ0n) is 12.0. The average Bonchev–Trinajstić information content (AvgIpc) is 2.88. The molecule has 3 nitrogen and oxygen atoms in total. The molecule has 0 amide bonds. The summed E-state index contributed by atoms with van der Waals surface area (Å²) in [7, 11) is 0. The summed E-state index contributed by atoms with van der Waals surface area (Å²) in [6.07, 6.45) is 6.45. The molecule has 0 atom stereocenters.